The van der Waals surface area contributed by atoms with Gasteiger partial charge in [0.25, 0.3) is 5.91 Å². The second kappa shape index (κ2) is 7.20. The fourth-order valence-corrected chi connectivity index (χ4v) is 3.03. The summed E-state index contributed by atoms with van der Waals surface area (Å²) in [5.41, 5.74) is 4.65. The van der Waals surface area contributed by atoms with Crippen LogP contribution in [-0.4, -0.2) is 73.2 Å². The molecule has 0 aromatic heterocycles. The highest BCUT2D eigenvalue weighted by Crippen LogP contribution is 2.29. The van der Waals surface area contributed by atoms with Crippen molar-refractivity contribution >= 4 is 11.9 Å². The monoisotopic (exact) mass is 298 g/mol. The molecule has 21 heavy (non-hydrogen) atoms. The first-order chi connectivity index (χ1) is 10.1. The highest BCUT2D eigenvalue weighted by molar-refractivity contribution is 6.07. The van der Waals surface area contributed by atoms with Gasteiger partial charge >= 0.3 is 6.03 Å². The summed E-state index contributed by atoms with van der Waals surface area (Å²) in [7, 11) is 0. The average Bonchev–Trinajstić information content (AvgIpc) is 2.70. The van der Waals surface area contributed by atoms with E-state index in [4.69, 9.17) is 10.5 Å². The molecule has 2 saturated heterocycles. The third kappa shape index (κ3) is 3.53. The normalized spacial score (nSPS) is 22.1. The molecule has 2 aliphatic rings. The van der Waals surface area contributed by atoms with Crippen molar-refractivity contribution in [1.82, 2.24) is 15.1 Å². The van der Waals surface area contributed by atoms with E-state index in [0.717, 1.165) is 26.1 Å². The molecule has 0 aromatic rings. The number of carbonyl (C=O) groups excluding carboxylic acids is 2. The van der Waals surface area contributed by atoms with Crippen molar-refractivity contribution in [3.8, 4) is 0 Å². The van der Waals surface area contributed by atoms with Gasteiger partial charge in [-0.3, -0.25) is 9.69 Å². The lowest BCUT2D eigenvalue weighted by Gasteiger charge is -2.37. The van der Waals surface area contributed by atoms with Crippen molar-refractivity contribution in [2.45, 2.75) is 31.7 Å². The minimum Gasteiger partial charge on any atom is -0.378 e. The summed E-state index contributed by atoms with van der Waals surface area (Å²) >= 11 is 0. The van der Waals surface area contributed by atoms with Crippen LogP contribution >= 0.6 is 0 Å². The molecule has 0 bridgehead atoms. The molecular weight excluding hydrogens is 272 g/mol. The SMILES string of the molecule is CCCN1CCC2(CC1)NC(=O)N(CCOCCN)C2=O. The van der Waals surface area contributed by atoms with Crippen molar-refractivity contribution in [2.24, 2.45) is 5.73 Å². The molecule has 2 aliphatic heterocycles. The maximum absolute atomic E-state index is 12.6. The van der Waals surface area contributed by atoms with Gasteiger partial charge in [0.1, 0.15) is 5.54 Å². The Kier molecular flexibility index (Phi) is 5.55. The van der Waals surface area contributed by atoms with Gasteiger partial charge in [-0.25, -0.2) is 4.79 Å². The molecule has 0 unspecified atom stereocenters. The largest absolute Gasteiger partial charge is 0.378 e. The van der Waals surface area contributed by atoms with Crippen molar-refractivity contribution in [1.29, 1.82) is 0 Å². The number of rotatable bonds is 7. The quantitative estimate of drug-likeness (QED) is 0.500. The summed E-state index contributed by atoms with van der Waals surface area (Å²) in [4.78, 5) is 28.2. The van der Waals surface area contributed by atoms with Crippen LogP contribution in [0.4, 0.5) is 4.79 Å². The second-order valence-electron chi connectivity index (χ2n) is 5.71. The second-order valence-corrected chi connectivity index (χ2v) is 5.71. The number of piperidine rings is 1. The number of hydrogen-bond donors (Lipinski definition) is 2. The van der Waals surface area contributed by atoms with Gasteiger partial charge in [-0.2, -0.15) is 0 Å². The van der Waals surface area contributed by atoms with E-state index in [1.165, 1.54) is 4.90 Å². The van der Waals surface area contributed by atoms with Gasteiger partial charge < -0.3 is 20.7 Å². The number of nitrogens with one attached hydrogen (secondary N) is 1. The van der Waals surface area contributed by atoms with E-state index in [1.807, 2.05) is 0 Å². The Balaban J connectivity index is 1.89. The van der Waals surface area contributed by atoms with Crippen LogP contribution in [0.3, 0.4) is 0 Å². The van der Waals surface area contributed by atoms with E-state index in [-0.39, 0.29) is 11.9 Å². The molecule has 0 aliphatic carbocycles. The molecular formula is C14H26N4O3. The molecule has 0 radical (unpaired) electrons. The average molecular weight is 298 g/mol. The molecule has 120 valence electrons. The van der Waals surface area contributed by atoms with Crippen molar-refractivity contribution in [3.05, 3.63) is 0 Å². The molecule has 3 N–H and O–H groups in total. The first-order valence-corrected chi connectivity index (χ1v) is 7.77. The number of ether oxygens (including phenoxy) is 1. The Labute approximate surface area is 125 Å². The maximum atomic E-state index is 12.6. The van der Waals surface area contributed by atoms with E-state index in [9.17, 15) is 9.59 Å². The lowest BCUT2D eigenvalue weighted by Crippen LogP contribution is -2.55. The zero-order chi connectivity index (χ0) is 15.3. The molecule has 0 aromatic carbocycles. The number of nitrogens with two attached hydrogens (primary N) is 1. The van der Waals surface area contributed by atoms with E-state index in [0.29, 0.717) is 39.1 Å². The number of likely N-dealkylation sites (tertiary alicyclic amines) is 1. The van der Waals surface area contributed by atoms with Gasteiger partial charge in [0.05, 0.1) is 19.8 Å². The Morgan fingerprint density at radius 3 is 2.57 bits per heavy atom. The molecule has 2 heterocycles. The Bertz CT molecular complexity index is 380. The summed E-state index contributed by atoms with van der Waals surface area (Å²) in [5.74, 6) is -0.0972. The first kappa shape index (κ1) is 16.2. The Hall–Kier alpha value is -1.18. The third-order valence-corrected chi connectivity index (χ3v) is 4.22. The van der Waals surface area contributed by atoms with Gasteiger partial charge in [-0.15, -0.1) is 0 Å². The zero-order valence-electron chi connectivity index (χ0n) is 12.8. The fraction of sp³-hybridized carbons (Fsp3) is 0.857. The van der Waals surface area contributed by atoms with Gasteiger partial charge in [0.2, 0.25) is 0 Å². The lowest BCUT2D eigenvalue weighted by molar-refractivity contribution is -0.133. The smallest absolute Gasteiger partial charge is 0.325 e. The van der Waals surface area contributed by atoms with Crippen LogP contribution in [0.1, 0.15) is 26.2 Å². The molecule has 7 heteroatoms. The van der Waals surface area contributed by atoms with Crippen LogP contribution in [0.5, 0.6) is 0 Å². The molecule has 3 amide bonds. The molecule has 2 rings (SSSR count). The molecule has 0 atom stereocenters. The van der Waals surface area contributed by atoms with Crippen LogP contribution in [0.2, 0.25) is 0 Å². The minimum atomic E-state index is -0.685. The van der Waals surface area contributed by atoms with Crippen LogP contribution in [0, 0.1) is 0 Å². The number of nitrogens with zero attached hydrogens (tertiary/aromatic N) is 2. The van der Waals surface area contributed by atoms with Crippen molar-refractivity contribution in [2.75, 3.05) is 45.9 Å². The summed E-state index contributed by atoms with van der Waals surface area (Å²) in [5, 5.41) is 2.90. The van der Waals surface area contributed by atoms with Crippen molar-refractivity contribution < 1.29 is 14.3 Å². The summed E-state index contributed by atoms with van der Waals surface area (Å²) in [6, 6.07) is -0.291. The fourth-order valence-electron chi connectivity index (χ4n) is 3.03. The molecule has 1 spiro atoms. The summed E-state index contributed by atoms with van der Waals surface area (Å²) in [6.07, 6.45) is 2.49. The Morgan fingerprint density at radius 2 is 1.95 bits per heavy atom. The number of imide groups is 1. The van der Waals surface area contributed by atoms with E-state index in [1.54, 1.807) is 0 Å². The van der Waals surface area contributed by atoms with Gasteiger partial charge in [0.15, 0.2) is 0 Å². The number of hydrogen-bond acceptors (Lipinski definition) is 5. The van der Waals surface area contributed by atoms with Crippen LogP contribution in [0.15, 0.2) is 0 Å². The zero-order valence-corrected chi connectivity index (χ0v) is 12.8. The van der Waals surface area contributed by atoms with Gasteiger partial charge in [-0.1, -0.05) is 6.92 Å². The van der Waals surface area contributed by atoms with E-state index in [2.05, 4.69) is 17.1 Å². The number of carbonyl (C=O) groups is 2. The molecule has 2 fully saturated rings. The molecule has 7 nitrogen and oxygen atoms in total. The minimum absolute atomic E-state index is 0.0972. The Morgan fingerprint density at radius 1 is 1.24 bits per heavy atom. The van der Waals surface area contributed by atoms with Crippen LogP contribution < -0.4 is 11.1 Å². The predicted molar refractivity (Wildman–Crippen MR) is 78.8 cm³/mol. The number of amides is 3. The standard InChI is InChI=1S/C14H26N4O3/c1-2-6-17-7-3-14(4-8-17)12(19)18(13(20)16-14)9-11-21-10-5-15/h2-11,15H2,1H3,(H,16,20). The summed E-state index contributed by atoms with van der Waals surface area (Å²) < 4.78 is 5.26. The summed E-state index contributed by atoms with van der Waals surface area (Å²) in [6.45, 7) is 6.44. The van der Waals surface area contributed by atoms with E-state index < -0.39 is 5.54 Å². The van der Waals surface area contributed by atoms with E-state index >= 15 is 0 Å². The van der Waals surface area contributed by atoms with Crippen molar-refractivity contribution in [3.63, 3.8) is 0 Å². The first-order valence-electron chi connectivity index (χ1n) is 7.77. The van der Waals surface area contributed by atoms with Gasteiger partial charge in [-0.05, 0) is 25.8 Å². The topological polar surface area (TPSA) is 87.9 Å². The van der Waals surface area contributed by atoms with Crippen LogP contribution in [0.25, 0.3) is 0 Å². The number of urea groups is 1. The third-order valence-electron chi connectivity index (χ3n) is 4.22. The van der Waals surface area contributed by atoms with Gasteiger partial charge in [0, 0.05) is 19.6 Å². The highest BCUT2D eigenvalue weighted by atomic mass is 16.5. The predicted octanol–water partition coefficient (Wildman–Crippen LogP) is -0.242. The highest BCUT2D eigenvalue weighted by Gasteiger charge is 2.51. The maximum Gasteiger partial charge on any atom is 0.325 e. The molecule has 0 saturated carbocycles. The lowest BCUT2D eigenvalue weighted by atomic mass is 9.87. The van der Waals surface area contributed by atoms with Crippen LogP contribution in [-0.2, 0) is 9.53 Å².